The number of rotatable bonds is 26. The summed E-state index contributed by atoms with van der Waals surface area (Å²) in [5.74, 6) is 0.777. The van der Waals surface area contributed by atoms with Crippen molar-refractivity contribution < 1.29 is 42.3 Å². The van der Waals surface area contributed by atoms with Gasteiger partial charge in [0.15, 0.2) is 8.32 Å². The fraction of sp³-hybridized carbons (Fsp3) is 0.786. The van der Waals surface area contributed by atoms with Crippen molar-refractivity contribution in [2.24, 2.45) is 0 Å². The van der Waals surface area contributed by atoms with Crippen LogP contribution in [0.4, 0.5) is 5.69 Å². The summed E-state index contributed by atoms with van der Waals surface area (Å²) < 4.78 is 50.1. The fourth-order valence-electron chi connectivity index (χ4n) is 2.78. The van der Waals surface area contributed by atoms with Crippen molar-refractivity contribution >= 4 is 14.0 Å². The van der Waals surface area contributed by atoms with Crippen LogP contribution >= 0.6 is 0 Å². The van der Waals surface area contributed by atoms with Gasteiger partial charge in [-0.05, 0) is 42.4 Å². The molecule has 0 saturated heterocycles. The van der Waals surface area contributed by atoms with E-state index in [-0.39, 0.29) is 5.04 Å². The fourth-order valence-corrected chi connectivity index (χ4v) is 3.80. The predicted molar refractivity (Wildman–Crippen MR) is 155 cm³/mol. The van der Waals surface area contributed by atoms with Gasteiger partial charge in [0.05, 0.1) is 99.1 Å². The third-order valence-electron chi connectivity index (χ3n) is 6.11. The molecule has 11 heteroatoms. The maximum absolute atomic E-state index is 6.07. The Hall–Kier alpha value is -1.28. The van der Waals surface area contributed by atoms with Crippen molar-refractivity contribution in [2.75, 3.05) is 111 Å². The van der Waals surface area contributed by atoms with Gasteiger partial charge in [-0.1, -0.05) is 20.8 Å². The SMILES string of the molecule is CC(C)(C)[Si](C)(C)OCCOCCOCCOCCOCCOCCOCCOCCOc1ccc(N)cc1. The predicted octanol–water partition coefficient (Wildman–Crippen LogP) is 3.79. The molecule has 0 aliphatic rings. The Balaban J connectivity index is 1.70. The van der Waals surface area contributed by atoms with Gasteiger partial charge in [-0.15, -0.1) is 0 Å². The van der Waals surface area contributed by atoms with Crippen LogP contribution in [0.1, 0.15) is 20.8 Å². The molecule has 228 valence electrons. The molecule has 1 rings (SSSR count). The van der Waals surface area contributed by atoms with E-state index in [1.807, 2.05) is 12.1 Å². The molecule has 0 unspecified atom stereocenters. The van der Waals surface area contributed by atoms with Crippen LogP contribution in [0.25, 0.3) is 0 Å². The standard InChI is InChI=1S/C28H53NO9Si/c1-28(2,3)39(4,5)38-25-23-36-21-19-34-17-15-32-13-11-30-10-12-31-14-16-33-18-20-35-22-24-37-27-8-6-26(29)7-9-27/h6-9H,10-25,29H2,1-5H3. The highest BCUT2D eigenvalue weighted by Crippen LogP contribution is 2.36. The largest absolute Gasteiger partial charge is 0.491 e. The number of hydrogen-bond donors (Lipinski definition) is 1. The monoisotopic (exact) mass is 575 g/mol. The third-order valence-corrected chi connectivity index (χ3v) is 10.6. The summed E-state index contributed by atoms with van der Waals surface area (Å²) in [6.45, 7) is 19.8. The van der Waals surface area contributed by atoms with Crippen LogP contribution in [0.2, 0.25) is 18.1 Å². The van der Waals surface area contributed by atoms with E-state index in [1.54, 1.807) is 12.1 Å². The summed E-state index contributed by atoms with van der Waals surface area (Å²) in [6, 6.07) is 7.28. The van der Waals surface area contributed by atoms with Gasteiger partial charge in [-0.2, -0.15) is 0 Å². The van der Waals surface area contributed by atoms with Crippen molar-refractivity contribution in [1.82, 2.24) is 0 Å². The highest BCUT2D eigenvalue weighted by molar-refractivity contribution is 6.74. The lowest BCUT2D eigenvalue weighted by molar-refractivity contribution is -0.0220. The first-order valence-electron chi connectivity index (χ1n) is 13.9. The molecule has 0 aliphatic carbocycles. The van der Waals surface area contributed by atoms with E-state index in [1.165, 1.54) is 0 Å². The smallest absolute Gasteiger partial charge is 0.192 e. The van der Waals surface area contributed by atoms with Gasteiger partial charge in [-0.3, -0.25) is 0 Å². The Morgan fingerprint density at radius 2 is 0.821 bits per heavy atom. The second-order valence-corrected chi connectivity index (χ2v) is 15.1. The van der Waals surface area contributed by atoms with E-state index < -0.39 is 8.32 Å². The number of ether oxygens (including phenoxy) is 8. The zero-order valence-electron chi connectivity index (χ0n) is 24.9. The Labute approximate surface area is 236 Å². The minimum atomic E-state index is -1.69. The Bertz CT molecular complexity index is 687. The zero-order valence-corrected chi connectivity index (χ0v) is 25.9. The van der Waals surface area contributed by atoms with Crippen molar-refractivity contribution in [2.45, 2.75) is 38.9 Å². The number of anilines is 1. The Morgan fingerprint density at radius 1 is 0.513 bits per heavy atom. The van der Waals surface area contributed by atoms with E-state index in [0.29, 0.717) is 111 Å². The third kappa shape index (κ3) is 20.3. The van der Waals surface area contributed by atoms with E-state index in [9.17, 15) is 0 Å². The molecule has 10 nitrogen and oxygen atoms in total. The second-order valence-electron chi connectivity index (χ2n) is 10.3. The molecule has 1 aromatic carbocycles. The number of nitrogen functional groups attached to an aromatic ring is 1. The highest BCUT2D eigenvalue weighted by Gasteiger charge is 2.36. The molecule has 0 saturated carbocycles. The first-order valence-corrected chi connectivity index (χ1v) is 16.8. The van der Waals surface area contributed by atoms with E-state index in [4.69, 9.17) is 48.1 Å². The zero-order chi connectivity index (χ0) is 28.7. The van der Waals surface area contributed by atoms with Crippen molar-refractivity contribution in [1.29, 1.82) is 0 Å². The number of benzene rings is 1. The molecule has 0 spiro atoms. The molecule has 39 heavy (non-hydrogen) atoms. The van der Waals surface area contributed by atoms with Crippen LogP contribution in [0.3, 0.4) is 0 Å². The summed E-state index contributed by atoms with van der Waals surface area (Å²) in [5.41, 5.74) is 6.35. The van der Waals surface area contributed by atoms with Crippen LogP contribution in [0, 0.1) is 0 Å². The normalized spacial score (nSPS) is 12.2. The van der Waals surface area contributed by atoms with Crippen LogP contribution in [-0.2, 0) is 37.6 Å². The molecule has 0 fully saturated rings. The van der Waals surface area contributed by atoms with E-state index in [2.05, 4.69) is 33.9 Å². The minimum absolute atomic E-state index is 0.221. The summed E-state index contributed by atoms with van der Waals surface area (Å²) in [6.07, 6.45) is 0. The lowest BCUT2D eigenvalue weighted by Gasteiger charge is -2.36. The second kappa shape index (κ2) is 22.4. The van der Waals surface area contributed by atoms with Gasteiger partial charge in [0.25, 0.3) is 0 Å². The van der Waals surface area contributed by atoms with Gasteiger partial charge < -0.3 is 48.1 Å². The molecule has 0 atom stereocenters. The molecular weight excluding hydrogens is 522 g/mol. The molecule has 0 heterocycles. The van der Waals surface area contributed by atoms with Gasteiger partial charge in [0.2, 0.25) is 0 Å². The summed E-state index contributed by atoms with van der Waals surface area (Å²) in [4.78, 5) is 0. The first-order chi connectivity index (χ1) is 18.7. The minimum Gasteiger partial charge on any atom is -0.491 e. The van der Waals surface area contributed by atoms with Crippen LogP contribution in [-0.4, -0.2) is 114 Å². The molecule has 1 aromatic rings. The topological polar surface area (TPSA) is 109 Å². The molecule has 0 radical (unpaired) electrons. The van der Waals surface area contributed by atoms with Gasteiger partial charge >= 0.3 is 0 Å². The van der Waals surface area contributed by atoms with E-state index in [0.717, 1.165) is 5.75 Å². The number of hydrogen-bond acceptors (Lipinski definition) is 10. The molecule has 2 N–H and O–H groups in total. The molecule has 0 aliphatic heterocycles. The van der Waals surface area contributed by atoms with Crippen LogP contribution in [0.15, 0.2) is 24.3 Å². The lowest BCUT2D eigenvalue weighted by Crippen LogP contribution is -2.41. The molecule has 0 aromatic heterocycles. The van der Waals surface area contributed by atoms with Crippen molar-refractivity contribution in [3.63, 3.8) is 0 Å². The van der Waals surface area contributed by atoms with Gasteiger partial charge in [-0.25, -0.2) is 0 Å². The van der Waals surface area contributed by atoms with Gasteiger partial charge in [0.1, 0.15) is 12.4 Å². The first kappa shape index (κ1) is 35.7. The quantitative estimate of drug-likeness (QED) is 0.0996. The summed E-state index contributed by atoms with van der Waals surface area (Å²) >= 11 is 0. The summed E-state index contributed by atoms with van der Waals surface area (Å²) in [7, 11) is -1.69. The average Bonchev–Trinajstić information content (AvgIpc) is 2.89. The molecule has 0 amide bonds. The Kier molecular flexibility index (Phi) is 20.5. The highest BCUT2D eigenvalue weighted by atomic mass is 28.4. The van der Waals surface area contributed by atoms with Gasteiger partial charge in [0, 0.05) is 5.69 Å². The average molecular weight is 576 g/mol. The van der Waals surface area contributed by atoms with Crippen LogP contribution < -0.4 is 10.5 Å². The molecular formula is C28H53NO9Si. The lowest BCUT2D eigenvalue weighted by atomic mass is 10.2. The maximum atomic E-state index is 6.07. The van der Waals surface area contributed by atoms with E-state index >= 15 is 0 Å². The molecule has 0 bridgehead atoms. The van der Waals surface area contributed by atoms with Crippen molar-refractivity contribution in [3.8, 4) is 5.75 Å². The Morgan fingerprint density at radius 3 is 1.15 bits per heavy atom. The number of nitrogens with two attached hydrogens (primary N) is 1. The maximum Gasteiger partial charge on any atom is 0.192 e. The van der Waals surface area contributed by atoms with Crippen LogP contribution in [0.5, 0.6) is 5.75 Å². The van der Waals surface area contributed by atoms with Crippen molar-refractivity contribution in [3.05, 3.63) is 24.3 Å². The summed E-state index contributed by atoms with van der Waals surface area (Å²) in [5, 5.41) is 0.221.